The highest BCUT2D eigenvalue weighted by Gasteiger charge is 2.28. The second kappa shape index (κ2) is 6.77. The third-order valence-electron chi connectivity index (χ3n) is 4.22. The number of hydrogen-bond acceptors (Lipinski definition) is 5. The Morgan fingerprint density at radius 1 is 1.19 bits per heavy atom. The summed E-state index contributed by atoms with van der Waals surface area (Å²) in [4.78, 5) is 0. The molecule has 0 spiro atoms. The summed E-state index contributed by atoms with van der Waals surface area (Å²) < 4.78 is 5.71. The first-order valence-electron chi connectivity index (χ1n) is 8.19. The highest BCUT2D eigenvalue weighted by Crippen LogP contribution is 2.32. The first-order chi connectivity index (χ1) is 9.85. The quantitative estimate of drug-likeness (QED) is 0.869. The second-order valence-corrected chi connectivity index (χ2v) is 7.55. The lowest BCUT2D eigenvalue weighted by Crippen LogP contribution is -2.35. The molecule has 5 nitrogen and oxygen atoms in total. The normalized spacial score (nSPS) is 23.5. The van der Waals surface area contributed by atoms with Crippen LogP contribution in [0, 0.1) is 11.8 Å². The van der Waals surface area contributed by atoms with Crippen molar-refractivity contribution in [1.29, 1.82) is 0 Å². The maximum absolute atomic E-state index is 5.71. The Labute approximate surface area is 128 Å². The van der Waals surface area contributed by atoms with E-state index >= 15 is 0 Å². The van der Waals surface area contributed by atoms with Gasteiger partial charge in [-0.3, -0.25) is 0 Å². The highest BCUT2D eigenvalue weighted by molar-refractivity contribution is 5.20. The summed E-state index contributed by atoms with van der Waals surface area (Å²) in [6.07, 6.45) is 5.11. The second-order valence-electron chi connectivity index (χ2n) is 7.55. The summed E-state index contributed by atoms with van der Waals surface area (Å²) in [5.74, 6) is 2.03. The van der Waals surface area contributed by atoms with Crippen LogP contribution in [0.25, 0.3) is 0 Å². The van der Waals surface area contributed by atoms with E-state index in [9.17, 15) is 0 Å². The van der Waals surface area contributed by atoms with Crippen molar-refractivity contribution in [3.8, 4) is 0 Å². The molecule has 0 saturated heterocycles. The largest absolute Gasteiger partial charge is 0.407 e. The van der Waals surface area contributed by atoms with Gasteiger partial charge in [-0.05, 0) is 45.4 Å². The summed E-state index contributed by atoms with van der Waals surface area (Å²) in [7, 11) is 0. The van der Waals surface area contributed by atoms with E-state index in [4.69, 9.17) is 4.42 Å². The van der Waals surface area contributed by atoms with E-state index in [1.807, 2.05) is 0 Å². The van der Waals surface area contributed by atoms with Crippen LogP contribution in [-0.2, 0) is 6.54 Å². The van der Waals surface area contributed by atoms with Gasteiger partial charge in [-0.1, -0.05) is 31.8 Å². The molecule has 2 unspecified atom stereocenters. The van der Waals surface area contributed by atoms with Crippen molar-refractivity contribution < 1.29 is 4.42 Å². The maximum atomic E-state index is 5.71. The van der Waals surface area contributed by atoms with E-state index in [0.29, 0.717) is 36.3 Å². The van der Waals surface area contributed by atoms with E-state index < -0.39 is 0 Å². The molecule has 1 saturated carbocycles. The molecule has 5 heteroatoms. The molecule has 0 aromatic carbocycles. The van der Waals surface area contributed by atoms with E-state index in [-0.39, 0.29) is 5.54 Å². The van der Waals surface area contributed by atoms with Crippen LogP contribution < -0.4 is 10.6 Å². The molecule has 120 valence electrons. The first kappa shape index (κ1) is 16.3. The van der Waals surface area contributed by atoms with E-state index in [0.717, 1.165) is 0 Å². The molecular weight excluding hydrogens is 264 g/mol. The lowest BCUT2D eigenvalue weighted by molar-refractivity contribution is 0.250. The Morgan fingerprint density at radius 2 is 1.90 bits per heavy atom. The predicted octanol–water partition coefficient (Wildman–Crippen LogP) is 3.58. The molecular formula is C16H30N4O. The zero-order valence-corrected chi connectivity index (χ0v) is 14.1. The van der Waals surface area contributed by atoms with Crippen molar-refractivity contribution in [3.63, 3.8) is 0 Å². The molecule has 2 atom stereocenters. The fourth-order valence-corrected chi connectivity index (χ4v) is 3.02. The predicted molar refractivity (Wildman–Crippen MR) is 85.1 cm³/mol. The molecule has 0 bridgehead atoms. The number of rotatable bonds is 5. The van der Waals surface area contributed by atoms with E-state index in [1.165, 1.54) is 25.7 Å². The van der Waals surface area contributed by atoms with Crippen molar-refractivity contribution in [1.82, 2.24) is 15.5 Å². The molecule has 1 aromatic heterocycles. The van der Waals surface area contributed by atoms with Gasteiger partial charge in [0.15, 0.2) is 0 Å². The number of anilines is 1. The van der Waals surface area contributed by atoms with Crippen molar-refractivity contribution in [3.05, 3.63) is 5.89 Å². The monoisotopic (exact) mass is 294 g/mol. The zero-order chi connectivity index (χ0) is 15.5. The van der Waals surface area contributed by atoms with Gasteiger partial charge in [-0.2, -0.15) is 0 Å². The van der Waals surface area contributed by atoms with Crippen LogP contribution in [0.2, 0.25) is 0 Å². The standard InChI is InChI=1S/C16H30N4O/c1-11(2)12-8-6-7-9-13(12)18-15-20-19-14(21-15)10-17-16(3,4)5/h11-13,17H,6-10H2,1-5H3,(H,18,20). The molecule has 2 N–H and O–H groups in total. The summed E-state index contributed by atoms with van der Waals surface area (Å²) in [6.45, 7) is 11.6. The van der Waals surface area contributed by atoms with Crippen LogP contribution in [0.4, 0.5) is 6.01 Å². The molecule has 0 radical (unpaired) electrons. The van der Waals surface area contributed by atoms with Gasteiger partial charge in [0.25, 0.3) is 0 Å². The highest BCUT2D eigenvalue weighted by atomic mass is 16.4. The van der Waals surface area contributed by atoms with Gasteiger partial charge in [0.1, 0.15) is 0 Å². The summed E-state index contributed by atoms with van der Waals surface area (Å²) >= 11 is 0. The fraction of sp³-hybridized carbons (Fsp3) is 0.875. The van der Waals surface area contributed by atoms with Crippen molar-refractivity contribution >= 4 is 6.01 Å². The summed E-state index contributed by atoms with van der Waals surface area (Å²) in [5.41, 5.74) is 0.0498. The Balaban J connectivity index is 1.92. The average molecular weight is 294 g/mol. The Bertz CT molecular complexity index is 436. The third-order valence-corrected chi connectivity index (χ3v) is 4.22. The number of nitrogens with zero attached hydrogens (tertiary/aromatic N) is 2. The van der Waals surface area contributed by atoms with Crippen molar-refractivity contribution in [2.75, 3.05) is 5.32 Å². The van der Waals surface area contributed by atoms with Gasteiger partial charge in [-0.15, -0.1) is 5.10 Å². The molecule has 0 amide bonds. The minimum atomic E-state index is 0.0498. The zero-order valence-electron chi connectivity index (χ0n) is 14.1. The Morgan fingerprint density at radius 3 is 2.57 bits per heavy atom. The maximum Gasteiger partial charge on any atom is 0.315 e. The third kappa shape index (κ3) is 4.99. The number of nitrogens with one attached hydrogen (secondary N) is 2. The molecule has 1 aliphatic rings. The average Bonchev–Trinajstić information content (AvgIpc) is 2.84. The first-order valence-corrected chi connectivity index (χ1v) is 8.19. The number of hydrogen-bond donors (Lipinski definition) is 2. The topological polar surface area (TPSA) is 63.0 Å². The van der Waals surface area contributed by atoms with E-state index in [1.54, 1.807) is 0 Å². The molecule has 1 aromatic rings. The molecule has 1 aliphatic carbocycles. The van der Waals surface area contributed by atoms with Crippen LogP contribution in [0.5, 0.6) is 0 Å². The van der Waals surface area contributed by atoms with Crippen LogP contribution in [0.1, 0.15) is 66.2 Å². The minimum Gasteiger partial charge on any atom is -0.407 e. The molecule has 21 heavy (non-hydrogen) atoms. The molecule has 2 rings (SSSR count). The fourth-order valence-electron chi connectivity index (χ4n) is 3.02. The van der Waals surface area contributed by atoms with Crippen LogP contribution in [-0.4, -0.2) is 21.8 Å². The molecule has 1 heterocycles. The lowest BCUT2D eigenvalue weighted by atomic mass is 9.78. The number of aromatic nitrogens is 2. The van der Waals surface area contributed by atoms with Gasteiger partial charge < -0.3 is 15.1 Å². The van der Waals surface area contributed by atoms with Gasteiger partial charge in [0.2, 0.25) is 5.89 Å². The SMILES string of the molecule is CC(C)C1CCCCC1Nc1nnc(CNC(C)(C)C)o1. The van der Waals surface area contributed by atoms with Crippen LogP contribution in [0.3, 0.4) is 0 Å². The minimum absolute atomic E-state index is 0.0498. The van der Waals surface area contributed by atoms with Crippen molar-refractivity contribution in [2.45, 2.75) is 78.4 Å². The van der Waals surface area contributed by atoms with Gasteiger partial charge in [0, 0.05) is 11.6 Å². The molecule has 0 aliphatic heterocycles. The summed E-state index contributed by atoms with van der Waals surface area (Å²) in [6, 6.07) is 1.03. The molecule has 1 fully saturated rings. The Kier molecular flexibility index (Phi) is 5.25. The smallest absolute Gasteiger partial charge is 0.315 e. The summed E-state index contributed by atoms with van der Waals surface area (Å²) in [5, 5.41) is 15.1. The van der Waals surface area contributed by atoms with Gasteiger partial charge in [0.05, 0.1) is 6.54 Å². The van der Waals surface area contributed by atoms with Crippen LogP contribution in [0.15, 0.2) is 4.42 Å². The van der Waals surface area contributed by atoms with E-state index in [2.05, 4.69) is 55.4 Å². The van der Waals surface area contributed by atoms with Gasteiger partial charge in [-0.25, -0.2) is 0 Å². The van der Waals surface area contributed by atoms with Crippen molar-refractivity contribution in [2.24, 2.45) is 11.8 Å². The van der Waals surface area contributed by atoms with Crippen LogP contribution >= 0.6 is 0 Å². The Hall–Kier alpha value is -1.10. The lowest BCUT2D eigenvalue weighted by Gasteiger charge is -2.34. The van der Waals surface area contributed by atoms with Gasteiger partial charge >= 0.3 is 6.01 Å².